The van der Waals surface area contributed by atoms with Gasteiger partial charge >= 0.3 is 5.97 Å². The second-order valence-corrected chi connectivity index (χ2v) is 5.10. The van der Waals surface area contributed by atoms with Crippen molar-refractivity contribution < 1.29 is 19.0 Å². The summed E-state index contributed by atoms with van der Waals surface area (Å²) in [6.45, 7) is 5.55. The molecule has 0 fully saturated rings. The van der Waals surface area contributed by atoms with Crippen molar-refractivity contribution in [3.8, 4) is 11.5 Å². The third-order valence-corrected chi connectivity index (χ3v) is 3.18. The van der Waals surface area contributed by atoms with Gasteiger partial charge < -0.3 is 14.2 Å². The molecular formula is C15H23NO4. The molecule has 0 saturated heterocycles. The molecule has 0 spiro atoms. The lowest BCUT2D eigenvalue weighted by Crippen LogP contribution is -2.48. The number of hydrogen-bond acceptors (Lipinski definition) is 5. The molecule has 1 N–H and O–H groups in total. The van der Waals surface area contributed by atoms with E-state index < -0.39 is 5.54 Å². The van der Waals surface area contributed by atoms with E-state index in [-0.39, 0.29) is 12.0 Å². The largest absolute Gasteiger partial charge is 0.493 e. The molecule has 5 heteroatoms. The van der Waals surface area contributed by atoms with Gasteiger partial charge in [0.25, 0.3) is 0 Å². The molecule has 0 aliphatic heterocycles. The third kappa shape index (κ3) is 3.63. The van der Waals surface area contributed by atoms with Crippen molar-refractivity contribution in [3.63, 3.8) is 0 Å². The van der Waals surface area contributed by atoms with E-state index in [1.807, 2.05) is 25.1 Å². The van der Waals surface area contributed by atoms with Crippen molar-refractivity contribution in [1.29, 1.82) is 0 Å². The summed E-state index contributed by atoms with van der Waals surface area (Å²) in [6, 6.07) is 5.64. The second kappa shape index (κ2) is 6.61. The van der Waals surface area contributed by atoms with Gasteiger partial charge in [-0.15, -0.1) is 0 Å². The second-order valence-electron chi connectivity index (χ2n) is 5.10. The molecule has 0 amide bonds. The zero-order valence-corrected chi connectivity index (χ0v) is 12.9. The predicted molar refractivity (Wildman–Crippen MR) is 77.2 cm³/mol. The summed E-state index contributed by atoms with van der Waals surface area (Å²) in [5.74, 6) is 1.04. The third-order valence-electron chi connectivity index (χ3n) is 3.18. The molecule has 20 heavy (non-hydrogen) atoms. The Morgan fingerprint density at radius 3 is 2.25 bits per heavy atom. The van der Waals surface area contributed by atoms with Crippen LogP contribution in [0.5, 0.6) is 11.5 Å². The van der Waals surface area contributed by atoms with E-state index in [0.717, 1.165) is 5.56 Å². The van der Waals surface area contributed by atoms with E-state index in [4.69, 9.17) is 14.2 Å². The summed E-state index contributed by atoms with van der Waals surface area (Å²) in [4.78, 5) is 11.7. The van der Waals surface area contributed by atoms with Crippen LogP contribution < -0.4 is 14.8 Å². The van der Waals surface area contributed by atoms with Gasteiger partial charge in [0.1, 0.15) is 5.54 Å². The highest BCUT2D eigenvalue weighted by atomic mass is 16.5. The van der Waals surface area contributed by atoms with Crippen molar-refractivity contribution in [2.24, 2.45) is 0 Å². The summed E-state index contributed by atoms with van der Waals surface area (Å²) >= 11 is 0. The maximum Gasteiger partial charge on any atom is 0.325 e. The fourth-order valence-corrected chi connectivity index (χ4v) is 2.06. The summed E-state index contributed by atoms with van der Waals surface area (Å²) in [5, 5.41) is 3.24. The van der Waals surface area contributed by atoms with Gasteiger partial charge in [-0.2, -0.15) is 0 Å². The van der Waals surface area contributed by atoms with Gasteiger partial charge in [-0.25, -0.2) is 0 Å². The normalized spacial score (nSPS) is 12.7. The monoisotopic (exact) mass is 281 g/mol. The first-order chi connectivity index (χ1) is 9.35. The van der Waals surface area contributed by atoms with Gasteiger partial charge in [-0.1, -0.05) is 6.07 Å². The van der Waals surface area contributed by atoms with Crippen molar-refractivity contribution in [2.75, 3.05) is 21.3 Å². The minimum absolute atomic E-state index is 0.0380. The molecule has 112 valence electrons. The first kappa shape index (κ1) is 16.3. The number of nitrogens with one attached hydrogen (secondary N) is 1. The highest BCUT2D eigenvalue weighted by Crippen LogP contribution is 2.30. The van der Waals surface area contributed by atoms with Crippen LogP contribution in [0.25, 0.3) is 0 Å². The number of carbonyl (C=O) groups excluding carboxylic acids is 1. The van der Waals surface area contributed by atoms with Crippen LogP contribution in [0.1, 0.15) is 32.4 Å². The lowest BCUT2D eigenvalue weighted by atomic mass is 10.0. The molecule has 0 saturated carbocycles. The van der Waals surface area contributed by atoms with Crippen LogP contribution in [-0.4, -0.2) is 32.8 Å². The fourth-order valence-electron chi connectivity index (χ4n) is 2.06. The molecule has 1 atom stereocenters. The summed E-state index contributed by atoms with van der Waals surface area (Å²) in [7, 11) is 4.57. The molecule has 1 rings (SSSR count). The Balaban J connectivity index is 2.92. The summed E-state index contributed by atoms with van der Waals surface area (Å²) in [5.41, 5.74) is 0.237. The molecule has 1 aromatic carbocycles. The number of carbonyl (C=O) groups is 1. The first-order valence-electron chi connectivity index (χ1n) is 6.43. The molecule has 0 radical (unpaired) electrons. The minimum atomic E-state index is -0.763. The van der Waals surface area contributed by atoms with E-state index in [0.29, 0.717) is 11.5 Å². The van der Waals surface area contributed by atoms with E-state index >= 15 is 0 Å². The van der Waals surface area contributed by atoms with Gasteiger partial charge in [0.05, 0.1) is 21.3 Å². The van der Waals surface area contributed by atoms with Crippen molar-refractivity contribution >= 4 is 5.97 Å². The maximum atomic E-state index is 11.7. The Hall–Kier alpha value is -1.75. The van der Waals surface area contributed by atoms with E-state index in [2.05, 4.69) is 5.32 Å². The van der Waals surface area contributed by atoms with Gasteiger partial charge in [0.15, 0.2) is 11.5 Å². The molecule has 0 aliphatic carbocycles. The van der Waals surface area contributed by atoms with Crippen LogP contribution in [0, 0.1) is 0 Å². The number of hydrogen-bond donors (Lipinski definition) is 1. The van der Waals surface area contributed by atoms with Gasteiger partial charge in [-0.3, -0.25) is 10.1 Å². The van der Waals surface area contributed by atoms with Crippen LogP contribution in [0.15, 0.2) is 18.2 Å². The Morgan fingerprint density at radius 1 is 1.15 bits per heavy atom. The number of esters is 1. The Morgan fingerprint density at radius 2 is 1.75 bits per heavy atom. The number of ether oxygens (including phenoxy) is 3. The Labute approximate surface area is 120 Å². The smallest absolute Gasteiger partial charge is 0.325 e. The lowest BCUT2D eigenvalue weighted by molar-refractivity contribution is -0.147. The number of benzene rings is 1. The van der Waals surface area contributed by atoms with E-state index in [1.165, 1.54) is 7.11 Å². The molecule has 0 aliphatic rings. The average Bonchev–Trinajstić information content (AvgIpc) is 2.44. The highest BCUT2D eigenvalue weighted by molar-refractivity contribution is 5.79. The molecule has 0 aromatic heterocycles. The zero-order valence-electron chi connectivity index (χ0n) is 12.9. The summed E-state index contributed by atoms with van der Waals surface area (Å²) < 4.78 is 15.3. The standard InChI is InChI=1S/C15H23NO4/c1-10(16-15(2,3)14(17)20-6)11-7-8-12(18-4)13(9-11)19-5/h7-10,16H,1-6H3. The van der Waals surface area contributed by atoms with Gasteiger partial charge in [0.2, 0.25) is 0 Å². The SMILES string of the molecule is COC(=O)C(C)(C)NC(C)c1ccc(OC)c(OC)c1. The quantitative estimate of drug-likeness (QED) is 0.811. The van der Waals surface area contributed by atoms with Gasteiger partial charge in [0, 0.05) is 6.04 Å². The van der Waals surface area contributed by atoms with E-state index in [9.17, 15) is 4.79 Å². The Kier molecular flexibility index (Phi) is 5.39. The molecule has 0 heterocycles. The number of methoxy groups -OCH3 is 3. The molecule has 0 bridgehead atoms. The fraction of sp³-hybridized carbons (Fsp3) is 0.533. The maximum absolute atomic E-state index is 11.7. The lowest BCUT2D eigenvalue weighted by Gasteiger charge is -2.28. The van der Waals surface area contributed by atoms with Crippen LogP contribution in [-0.2, 0) is 9.53 Å². The minimum Gasteiger partial charge on any atom is -0.493 e. The average molecular weight is 281 g/mol. The topological polar surface area (TPSA) is 56.8 Å². The van der Waals surface area contributed by atoms with Crippen LogP contribution in [0.2, 0.25) is 0 Å². The van der Waals surface area contributed by atoms with Crippen molar-refractivity contribution in [3.05, 3.63) is 23.8 Å². The van der Waals surface area contributed by atoms with Crippen molar-refractivity contribution in [1.82, 2.24) is 5.32 Å². The predicted octanol–water partition coefficient (Wildman–Crippen LogP) is 2.31. The first-order valence-corrected chi connectivity index (χ1v) is 6.43. The summed E-state index contributed by atoms with van der Waals surface area (Å²) in [6.07, 6.45) is 0. The van der Waals surface area contributed by atoms with Gasteiger partial charge in [-0.05, 0) is 38.5 Å². The van der Waals surface area contributed by atoms with Crippen LogP contribution in [0.4, 0.5) is 0 Å². The molecule has 1 unspecified atom stereocenters. The molecule has 1 aromatic rings. The molecular weight excluding hydrogens is 258 g/mol. The van der Waals surface area contributed by atoms with Crippen LogP contribution in [0.3, 0.4) is 0 Å². The van der Waals surface area contributed by atoms with Crippen molar-refractivity contribution in [2.45, 2.75) is 32.4 Å². The highest BCUT2D eigenvalue weighted by Gasteiger charge is 2.30. The Bertz CT molecular complexity index is 471. The van der Waals surface area contributed by atoms with Crippen LogP contribution >= 0.6 is 0 Å². The zero-order chi connectivity index (χ0) is 15.3. The van der Waals surface area contributed by atoms with E-state index in [1.54, 1.807) is 28.1 Å². The molecule has 5 nitrogen and oxygen atoms in total. The number of rotatable bonds is 6.